The van der Waals surface area contributed by atoms with Crippen molar-refractivity contribution >= 4 is 12.2 Å². The summed E-state index contributed by atoms with van der Waals surface area (Å²) in [7, 11) is 0. The van der Waals surface area contributed by atoms with Gasteiger partial charge >= 0.3 is 12.0 Å². The van der Waals surface area contributed by atoms with E-state index in [0.29, 0.717) is 5.75 Å². The Labute approximate surface area is 113 Å². The van der Waals surface area contributed by atoms with E-state index in [0.717, 1.165) is 24.2 Å². The van der Waals surface area contributed by atoms with Gasteiger partial charge in [-0.15, -0.1) is 0 Å². The van der Waals surface area contributed by atoms with E-state index in [1.165, 1.54) is 24.0 Å². The number of para-hydroxylation sites is 1. The molecule has 0 unspecified atom stereocenters. The number of phenols is 1. The van der Waals surface area contributed by atoms with Gasteiger partial charge < -0.3 is 5.11 Å². The molecule has 96 valence electrons. The van der Waals surface area contributed by atoms with Crippen LogP contribution in [0.4, 0.5) is 0 Å². The summed E-state index contributed by atoms with van der Waals surface area (Å²) in [5.74, 6) is 1.21. The lowest BCUT2D eigenvalue weighted by Crippen LogP contribution is -2.04. The molecule has 1 N–H and O–H groups in total. The van der Waals surface area contributed by atoms with Gasteiger partial charge in [0.25, 0.3) is 0 Å². The highest BCUT2D eigenvalue weighted by molar-refractivity contribution is 5.71. The minimum atomic E-state index is 0.295. The van der Waals surface area contributed by atoms with Crippen molar-refractivity contribution in [3.8, 4) is 5.75 Å². The fourth-order valence-electron chi connectivity index (χ4n) is 2.59. The van der Waals surface area contributed by atoms with Gasteiger partial charge in [-0.05, 0) is 43.4 Å². The van der Waals surface area contributed by atoms with Crippen LogP contribution in [0.1, 0.15) is 35.3 Å². The summed E-state index contributed by atoms with van der Waals surface area (Å²) < 4.78 is 5.62. The molecule has 0 saturated heterocycles. The van der Waals surface area contributed by atoms with Gasteiger partial charge in [0, 0.05) is 17.7 Å². The van der Waals surface area contributed by atoms with Crippen molar-refractivity contribution in [1.82, 2.24) is 0 Å². The molecular weight excluding hydrogens is 236 g/mol. The molecule has 1 aliphatic rings. The molecular formula is C17H17O2+. The van der Waals surface area contributed by atoms with E-state index in [1.807, 2.05) is 30.4 Å². The summed E-state index contributed by atoms with van der Waals surface area (Å²) in [4.78, 5) is 0. The Balaban J connectivity index is 1.94. The van der Waals surface area contributed by atoms with Crippen molar-refractivity contribution in [2.75, 3.05) is 0 Å². The highest BCUT2D eigenvalue weighted by Gasteiger charge is 2.19. The first-order chi connectivity index (χ1) is 9.34. The summed E-state index contributed by atoms with van der Waals surface area (Å²) >= 11 is 0. The molecule has 1 aromatic carbocycles. The van der Waals surface area contributed by atoms with E-state index in [-0.39, 0.29) is 0 Å². The highest BCUT2D eigenvalue weighted by Crippen LogP contribution is 2.26. The zero-order valence-corrected chi connectivity index (χ0v) is 10.8. The molecule has 0 atom stereocenters. The second kappa shape index (κ2) is 5.27. The van der Waals surface area contributed by atoms with Crippen LogP contribution in [0.2, 0.25) is 0 Å². The average Bonchev–Trinajstić information content (AvgIpc) is 2.46. The maximum Gasteiger partial charge on any atom is 0.356 e. The zero-order chi connectivity index (χ0) is 13.1. The summed E-state index contributed by atoms with van der Waals surface area (Å²) in [6.45, 7) is 0. The van der Waals surface area contributed by atoms with Crippen molar-refractivity contribution in [3.05, 3.63) is 59.0 Å². The van der Waals surface area contributed by atoms with E-state index in [9.17, 15) is 5.11 Å². The molecule has 0 bridgehead atoms. The van der Waals surface area contributed by atoms with Crippen LogP contribution < -0.4 is 0 Å². The van der Waals surface area contributed by atoms with Crippen molar-refractivity contribution in [3.63, 3.8) is 0 Å². The third-order valence-corrected chi connectivity index (χ3v) is 3.62. The third kappa shape index (κ3) is 2.53. The Morgan fingerprint density at radius 3 is 2.74 bits per heavy atom. The highest BCUT2D eigenvalue weighted by atomic mass is 16.3. The monoisotopic (exact) mass is 253 g/mol. The molecule has 2 heteroatoms. The van der Waals surface area contributed by atoms with Crippen LogP contribution >= 0.6 is 0 Å². The molecule has 1 heterocycles. The molecule has 1 aliphatic carbocycles. The van der Waals surface area contributed by atoms with Gasteiger partial charge in [0.1, 0.15) is 5.75 Å². The van der Waals surface area contributed by atoms with Gasteiger partial charge in [-0.3, -0.25) is 0 Å². The summed E-state index contributed by atoms with van der Waals surface area (Å²) in [6, 6.07) is 9.39. The zero-order valence-electron chi connectivity index (χ0n) is 10.8. The largest absolute Gasteiger partial charge is 0.507 e. The lowest BCUT2D eigenvalue weighted by molar-refractivity contribution is 0.474. The lowest BCUT2D eigenvalue weighted by atomic mass is 9.91. The molecule has 0 saturated carbocycles. The normalized spacial score (nSPS) is 14.5. The van der Waals surface area contributed by atoms with E-state index in [1.54, 1.807) is 12.3 Å². The van der Waals surface area contributed by atoms with Crippen LogP contribution in [0.15, 0.2) is 41.0 Å². The third-order valence-electron chi connectivity index (χ3n) is 3.62. The number of phenolic OH excluding ortho intramolecular Hbond substituents is 1. The van der Waals surface area contributed by atoms with Gasteiger partial charge in [0.15, 0.2) is 0 Å². The molecule has 0 radical (unpaired) electrons. The smallest absolute Gasteiger partial charge is 0.356 e. The Morgan fingerprint density at radius 1 is 1.00 bits per heavy atom. The Morgan fingerprint density at radius 2 is 1.84 bits per heavy atom. The fourth-order valence-corrected chi connectivity index (χ4v) is 2.59. The standard InChI is InChI=1S/C17H16O2/c18-16-8-4-2-6-14(16)9-10-17-15-7-3-1-5-13(15)11-12-19-17/h2,4,6,8-12H,1,3,5,7H2/p+1. The maximum absolute atomic E-state index is 9.75. The number of benzene rings is 1. The number of aryl methyl sites for hydroxylation is 1. The van der Waals surface area contributed by atoms with Crippen LogP contribution in [0.25, 0.3) is 12.2 Å². The van der Waals surface area contributed by atoms with Gasteiger partial charge in [0.05, 0.1) is 5.56 Å². The number of aromatic hydroxyl groups is 1. The van der Waals surface area contributed by atoms with Crippen LogP contribution in [0.3, 0.4) is 0 Å². The van der Waals surface area contributed by atoms with Crippen LogP contribution in [-0.2, 0) is 12.8 Å². The molecule has 0 spiro atoms. The quantitative estimate of drug-likeness (QED) is 0.808. The molecule has 0 aliphatic heterocycles. The average molecular weight is 253 g/mol. The van der Waals surface area contributed by atoms with Gasteiger partial charge in [-0.25, -0.2) is 4.42 Å². The van der Waals surface area contributed by atoms with Crippen molar-refractivity contribution in [1.29, 1.82) is 0 Å². The minimum Gasteiger partial charge on any atom is -0.507 e. The number of fused-ring (bicyclic) bond motifs is 1. The predicted octanol–water partition coefficient (Wildman–Crippen LogP) is 4.32. The Kier molecular flexibility index (Phi) is 3.32. The molecule has 1 aromatic heterocycles. The maximum atomic E-state index is 9.75. The van der Waals surface area contributed by atoms with E-state index in [4.69, 9.17) is 4.42 Å². The van der Waals surface area contributed by atoms with Crippen LogP contribution in [0, 0.1) is 0 Å². The number of rotatable bonds is 2. The van der Waals surface area contributed by atoms with Crippen LogP contribution in [-0.4, -0.2) is 5.11 Å². The summed E-state index contributed by atoms with van der Waals surface area (Å²) in [5, 5.41) is 9.75. The second-order valence-corrected chi connectivity index (χ2v) is 4.89. The first kappa shape index (κ1) is 12.0. The summed E-state index contributed by atoms with van der Waals surface area (Å²) in [6.07, 6.45) is 10.3. The predicted molar refractivity (Wildman–Crippen MR) is 76.8 cm³/mol. The number of hydrogen-bond acceptors (Lipinski definition) is 1. The van der Waals surface area contributed by atoms with E-state index >= 15 is 0 Å². The molecule has 3 rings (SSSR count). The molecule has 2 aromatic rings. The Bertz CT molecular complexity index is 614. The lowest BCUT2D eigenvalue weighted by Gasteiger charge is -2.11. The first-order valence-corrected chi connectivity index (χ1v) is 6.73. The van der Waals surface area contributed by atoms with Crippen molar-refractivity contribution in [2.24, 2.45) is 0 Å². The second-order valence-electron chi connectivity index (χ2n) is 4.89. The van der Waals surface area contributed by atoms with Gasteiger partial charge in [0.2, 0.25) is 0 Å². The number of hydrogen-bond donors (Lipinski definition) is 1. The molecule has 19 heavy (non-hydrogen) atoms. The molecule has 2 nitrogen and oxygen atoms in total. The SMILES string of the molecule is Oc1ccccc1C=Cc1[o+]ccc2c1CCCC2. The van der Waals surface area contributed by atoms with E-state index < -0.39 is 0 Å². The summed E-state index contributed by atoms with van der Waals surface area (Å²) in [5.41, 5.74) is 3.53. The van der Waals surface area contributed by atoms with E-state index in [2.05, 4.69) is 6.07 Å². The van der Waals surface area contributed by atoms with Crippen molar-refractivity contribution in [2.45, 2.75) is 25.7 Å². The molecule has 0 fully saturated rings. The van der Waals surface area contributed by atoms with Gasteiger partial charge in [-0.1, -0.05) is 18.2 Å². The van der Waals surface area contributed by atoms with Crippen molar-refractivity contribution < 1.29 is 9.52 Å². The Hall–Kier alpha value is -2.09. The van der Waals surface area contributed by atoms with Crippen LogP contribution in [0.5, 0.6) is 5.75 Å². The minimum absolute atomic E-state index is 0.295. The topological polar surface area (TPSA) is 31.5 Å². The molecule has 0 amide bonds. The van der Waals surface area contributed by atoms with Gasteiger partial charge in [-0.2, -0.15) is 0 Å². The fraction of sp³-hybridized carbons (Fsp3) is 0.235. The first-order valence-electron chi connectivity index (χ1n) is 6.73.